The largest absolute Gasteiger partial charge is 0.383 e. The maximum atomic E-state index is 12.3. The Kier molecular flexibility index (Phi) is 3.28. The van der Waals surface area contributed by atoms with Crippen molar-refractivity contribution in [1.82, 2.24) is 9.78 Å². The molecule has 0 aliphatic heterocycles. The Morgan fingerprint density at radius 1 is 1.29 bits per heavy atom. The lowest BCUT2D eigenvalue weighted by Gasteiger charge is -2.05. The van der Waals surface area contributed by atoms with Gasteiger partial charge in [-0.05, 0) is 5.56 Å². The van der Waals surface area contributed by atoms with Crippen molar-refractivity contribution in [2.24, 2.45) is 0 Å². The van der Waals surface area contributed by atoms with Gasteiger partial charge in [-0.2, -0.15) is 5.10 Å². The van der Waals surface area contributed by atoms with Crippen LogP contribution in [0.25, 0.3) is 0 Å². The normalized spacial score (nSPS) is 11.1. The Hall–Kier alpha value is -1.62. The number of rotatable bonds is 3. The van der Waals surface area contributed by atoms with Gasteiger partial charge in [-0.3, -0.25) is 0 Å². The predicted molar refractivity (Wildman–Crippen MR) is 62.2 cm³/mol. The molecule has 0 saturated carbocycles. The molecular formula is C11H10ClF2N3. The summed E-state index contributed by atoms with van der Waals surface area (Å²) in [6.07, 6.45) is -1.00. The smallest absolute Gasteiger partial charge is 0.263 e. The number of nitrogen functional groups attached to an aromatic ring is 1. The number of aromatic nitrogens is 2. The molecule has 0 saturated heterocycles. The van der Waals surface area contributed by atoms with Crippen molar-refractivity contribution >= 4 is 17.4 Å². The number of benzene rings is 1. The summed E-state index contributed by atoms with van der Waals surface area (Å²) in [5, 5.41) is 4.36. The van der Waals surface area contributed by atoms with Crippen LogP contribution in [-0.4, -0.2) is 9.78 Å². The van der Waals surface area contributed by atoms with Crippen molar-refractivity contribution in [2.45, 2.75) is 13.0 Å². The van der Waals surface area contributed by atoms with Crippen LogP contribution in [-0.2, 0) is 6.54 Å². The molecular weight excluding hydrogens is 248 g/mol. The Morgan fingerprint density at radius 2 is 1.94 bits per heavy atom. The van der Waals surface area contributed by atoms with E-state index in [0.717, 1.165) is 5.56 Å². The first-order chi connectivity index (χ1) is 8.08. The summed E-state index contributed by atoms with van der Waals surface area (Å²) in [6.45, 7) is 0.405. The van der Waals surface area contributed by atoms with E-state index >= 15 is 0 Å². The molecule has 0 fully saturated rings. The summed E-state index contributed by atoms with van der Waals surface area (Å²) in [7, 11) is 0. The molecule has 3 nitrogen and oxygen atoms in total. The van der Waals surface area contributed by atoms with Gasteiger partial charge in [0.05, 0.1) is 12.7 Å². The van der Waals surface area contributed by atoms with Gasteiger partial charge in [-0.25, -0.2) is 13.5 Å². The zero-order valence-electron chi connectivity index (χ0n) is 8.78. The van der Waals surface area contributed by atoms with Crippen LogP contribution in [0.1, 0.15) is 17.6 Å². The lowest BCUT2D eigenvalue weighted by Crippen LogP contribution is -2.05. The maximum absolute atomic E-state index is 12.3. The average Bonchev–Trinajstić information content (AvgIpc) is 2.62. The Balaban J connectivity index is 2.17. The van der Waals surface area contributed by atoms with E-state index in [1.807, 2.05) is 0 Å². The average molecular weight is 258 g/mol. The minimum Gasteiger partial charge on any atom is -0.383 e. The second-order valence-corrected chi connectivity index (χ2v) is 3.98. The van der Waals surface area contributed by atoms with E-state index in [1.165, 1.54) is 23.0 Å². The molecule has 90 valence electrons. The van der Waals surface area contributed by atoms with Gasteiger partial charge in [0.1, 0.15) is 10.8 Å². The molecule has 2 rings (SSSR count). The first-order valence-electron chi connectivity index (χ1n) is 4.91. The fraction of sp³-hybridized carbons (Fsp3) is 0.182. The van der Waals surface area contributed by atoms with Gasteiger partial charge < -0.3 is 5.73 Å². The third-order valence-electron chi connectivity index (χ3n) is 2.40. The minimum atomic E-state index is -2.45. The highest BCUT2D eigenvalue weighted by Gasteiger charge is 2.08. The number of halogens is 3. The summed E-state index contributed by atoms with van der Waals surface area (Å²) >= 11 is 5.75. The van der Waals surface area contributed by atoms with Gasteiger partial charge in [0.2, 0.25) is 0 Å². The standard InChI is InChI=1S/C11H10ClF2N3/c12-9-5-16-17(11(9)15)6-7-1-3-8(4-2-7)10(13)14/h1-5,10H,6,15H2. The van der Waals surface area contributed by atoms with E-state index in [9.17, 15) is 8.78 Å². The van der Waals surface area contributed by atoms with Crippen LogP contribution in [0.4, 0.5) is 14.6 Å². The summed E-state index contributed by atoms with van der Waals surface area (Å²) < 4.78 is 26.2. The van der Waals surface area contributed by atoms with Crippen molar-refractivity contribution in [1.29, 1.82) is 0 Å². The molecule has 0 aliphatic rings. The Morgan fingerprint density at radius 3 is 2.41 bits per heavy atom. The first-order valence-corrected chi connectivity index (χ1v) is 5.29. The predicted octanol–water partition coefficient (Wildman–Crippen LogP) is 3.10. The minimum absolute atomic E-state index is 0.000203. The number of alkyl halides is 2. The zero-order valence-corrected chi connectivity index (χ0v) is 9.53. The number of hydrogen-bond donors (Lipinski definition) is 1. The highest BCUT2D eigenvalue weighted by molar-refractivity contribution is 6.32. The van der Waals surface area contributed by atoms with Crippen LogP contribution in [0.15, 0.2) is 30.5 Å². The monoisotopic (exact) mass is 257 g/mol. The third-order valence-corrected chi connectivity index (χ3v) is 2.69. The second-order valence-electron chi connectivity index (χ2n) is 3.58. The molecule has 1 aromatic carbocycles. The molecule has 6 heteroatoms. The molecule has 1 aromatic heterocycles. The molecule has 0 atom stereocenters. The summed E-state index contributed by atoms with van der Waals surface area (Å²) in [6, 6.07) is 6.02. The first kappa shape index (κ1) is 11.9. The van der Waals surface area contributed by atoms with Crippen LogP contribution < -0.4 is 5.73 Å². The van der Waals surface area contributed by atoms with Crippen LogP contribution in [0.5, 0.6) is 0 Å². The van der Waals surface area contributed by atoms with Crippen LogP contribution in [0.3, 0.4) is 0 Å². The third kappa shape index (κ3) is 2.55. The summed E-state index contributed by atoms with van der Waals surface area (Å²) in [5.74, 6) is 0.365. The molecule has 0 amide bonds. The van der Waals surface area contributed by atoms with Gasteiger partial charge in [-0.15, -0.1) is 0 Å². The summed E-state index contributed by atoms with van der Waals surface area (Å²) in [5.41, 5.74) is 6.51. The fourth-order valence-corrected chi connectivity index (χ4v) is 1.58. The van der Waals surface area contributed by atoms with Crippen LogP contribution >= 0.6 is 11.6 Å². The van der Waals surface area contributed by atoms with Gasteiger partial charge >= 0.3 is 0 Å². The van der Waals surface area contributed by atoms with Gasteiger partial charge in [0.25, 0.3) is 6.43 Å². The molecule has 2 N–H and O–H groups in total. The molecule has 0 unspecified atom stereocenters. The van der Waals surface area contributed by atoms with E-state index in [0.29, 0.717) is 17.4 Å². The Labute approximate surface area is 102 Å². The molecule has 0 bridgehead atoms. The molecule has 17 heavy (non-hydrogen) atoms. The molecule has 0 aliphatic carbocycles. The quantitative estimate of drug-likeness (QED) is 0.918. The topological polar surface area (TPSA) is 43.8 Å². The lowest BCUT2D eigenvalue weighted by molar-refractivity contribution is 0.151. The van der Waals surface area contributed by atoms with E-state index in [-0.39, 0.29) is 5.56 Å². The zero-order chi connectivity index (χ0) is 12.4. The maximum Gasteiger partial charge on any atom is 0.263 e. The van der Waals surface area contributed by atoms with Gasteiger partial charge in [0.15, 0.2) is 0 Å². The van der Waals surface area contributed by atoms with Crippen molar-refractivity contribution in [3.05, 3.63) is 46.6 Å². The van der Waals surface area contributed by atoms with E-state index in [2.05, 4.69) is 5.10 Å². The van der Waals surface area contributed by atoms with Crippen molar-refractivity contribution in [3.63, 3.8) is 0 Å². The summed E-state index contributed by atoms with van der Waals surface area (Å²) in [4.78, 5) is 0. The van der Waals surface area contributed by atoms with Crippen molar-refractivity contribution in [3.8, 4) is 0 Å². The number of hydrogen-bond acceptors (Lipinski definition) is 2. The van der Waals surface area contributed by atoms with Crippen molar-refractivity contribution < 1.29 is 8.78 Å². The van der Waals surface area contributed by atoms with Crippen LogP contribution in [0.2, 0.25) is 5.02 Å². The number of anilines is 1. The molecule has 1 heterocycles. The van der Waals surface area contributed by atoms with E-state index < -0.39 is 6.43 Å². The van der Waals surface area contributed by atoms with E-state index in [1.54, 1.807) is 12.1 Å². The van der Waals surface area contributed by atoms with Gasteiger partial charge in [-0.1, -0.05) is 35.9 Å². The van der Waals surface area contributed by atoms with E-state index in [4.69, 9.17) is 17.3 Å². The molecule has 0 spiro atoms. The second kappa shape index (κ2) is 4.71. The van der Waals surface area contributed by atoms with Crippen LogP contribution in [0, 0.1) is 0 Å². The molecule has 2 aromatic rings. The highest BCUT2D eigenvalue weighted by atomic mass is 35.5. The Bertz CT molecular complexity index is 508. The van der Waals surface area contributed by atoms with Gasteiger partial charge in [0, 0.05) is 5.56 Å². The lowest BCUT2D eigenvalue weighted by atomic mass is 10.1. The number of nitrogens with zero attached hydrogens (tertiary/aromatic N) is 2. The highest BCUT2D eigenvalue weighted by Crippen LogP contribution is 2.21. The molecule has 0 radical (unpaired) electrons. The van der Waals surface area contributed by atoms with Crippen molar-refractivity contribution in [2.75, 3.05) is 5.73 Å². The fourth-order valence-electron chi connectivity index (χ4n) is 1.44. The SMILES string of the molecule is Nc1c(Cl)cnn1Cc1ccc(C(F)F)cc1. The number of nitrogens with two attached hydrogens (primary N) is 1.